The number of aryl methyl sites for hydroxylation is 1. The molecule has 2 amide bonds. The van der Waals surface area contributed by atoms with Crippen molar-refractivity contribution in [2.75, 3.05) is 23.9 Å². The minimum atomic E-state index is -2.78. The number of H-pyrrole nitrogens is 1. The van der Waals surface area contributed by atoms with Crippen LogP contribution in [0.25, 0.3) is 11.3 Å². The van der Waals surface area contributed by atoms with E-state index in [1.54, 1.807) is 30.6 Å². The number of ether oxygens (including phenoxy) is 1. The molecule has 2 aromatic heterocycles. The zero-order valence-corrected chi connectivity index (χ0v) is 19.3. The van der Waals surface area contributed by atoms with Crippen molar-refractivity contribution in [1.82, 2.24) is 15.2 Å². The molecule has 0 saturated heterocycles. The predicted octanol–water partition coefficient (Wildman–Crippen LogP) is 3.84. The van der Waals surface area contributed by atoms with Crippen LogP contribution in [0, 0.1) is 0 Å². The maximum absolute atomic E-state index is 13.0. The molecule has 0 fully saturated rings. The number of hydrogen-bond acceptors (Lipinski definition) is 6. The molecule has 9 nitrogen and oxygen atoms in total. The summed E-state index contributed by atoms with van der Waals surface area (Å²) in [4.78, 5) is 41.6. The molecule has 0 aliphatic rings. The predicted molar refractivity (Wildman–Crippen MR) is 125 cm³/mol. The Morgan fingerprint density at radius 1 is 1.17 bits per heavy atom. The van der Waals surface area contributed by atoms with Gasteiger partial charge in [0.1, 0.15) is 0 Å². The number of alkyl halides is 2. The van der Waals surface area contributed by atoms with Crippen LogP contribution in [0.1, 0.15) is 35.7 Å². The highest BCUT2D eigenvalue weighted by molar-refractivity contribution is 6.03. The monoisotopic (exact) mass is 485 g/mol. The zero-order valence-electron chi connectivity index (χ0n) is 19.3. The summed E-state index contributed by atoms with van der Waals surface area (Å²) >= 11 is 0. The van der Waals surface area contributed by atoms with E-state index >= 15 is 0 Å². The molecule has 0 saturated carbocycles. The van der Waals surface area contributed by atoms with Crippen molar-refractivity contribution < 1.29 is 27.9 Å². The molecule has 2 heterocycles. The molecular weight excluding hydrogens is 460 g/mol. The average Bonchev–Trinajstić information content (AvgIpc) is 3.35. The molecule has 3 rings (SSSR count). The summed E-state index contributed by atoms with van der Waals surface area (Å²) < 4.78 is 30.8. The Morgan fingerprint density at radius 2 is 1.97 bits per heavy atom. The number of benzene rings is 1. The number of methoxy groups -OCH3 is 1. The minimum Gasteiger partial charge on any atom is -0.465 e. The van der Waals surface area contributed by atoms with E-state index < -0.39 is 24.8 Å². The molecule has 1 aromatic carbocycles. The molecular formula is C24H25F2N5O4. The molecule has 11 heteroatoms. The summed E-state index contributed by atoms with van der Waals surface area (Å²) in [6.45, 7) is 0.288. The van der Waals surface area contributed by atoms with E-state index in [0.717, 1.165) is 30.9 Å². The van der Waals surface area contributed by atoms with Gasteiger partial charge in [0.15, 0.2) is 0 Å². The van der Waals surface area contributed by atoms with E-state index in [0.29, 0.717) is 29.8 Å². The molecule has 0 aliphatic carbocycles. The van der Waals surface area contributed by atoms with E-state index in [-0.39, 0.29) is 17.2 Å². The molecule has 3 aromatic rings. The van der Waals surface area contributed by atoms with Crippen molar-refractivity contribution in [2.45, 2.75) is 32.6 Å². The first-order valence-corrected chi connectivity index (χ1v) is 10.8. The molecule has 0 atom stereocenters. The molecule has 0 radical (unpaired) electrons. The number of aromatic amines is 1. The molecule has 0 bridgehead atoms. The largest absolute Gasteiger partial charge is 0.465 e. The number of hydrogen-bond donors (Lipinski definition) is 2. The molecule has 35 heavy (non-hydrogen) atoms. The lowest BCUT2D eigenvalue weighted by atomic mass is 10.0. The summed E-state index contributed by atoms with van der Waals surface area (Å²) in [5.41, 5.74) is 2.49. The summed E-state index contributed by atoms with van der Waals surface area (Å²) in [6, 6.07) is 7.72. The maximum atomic E-state index is 13.0. The van der Waals surface area contributed by atoms with E-state index in [2.05, 4.69) is 20.5 Å². The maximum Gasteiger partial charge on any atom is 0.340 e. The van der Waals surface area contributed by atoms with E-state index in [1.807, 2.05) is 0 Å². The number of carbonyl (C=O) groups is 3. The van der Waals surface area contributed by atoms with Gasteiger partial charge in [-0.05, 0) is 42.7 Å². The molecule has 0 unspecified atom stereocenters. The summed E-state index contributed by atoms with van der Waals surface area (Å²) in [7, 11) is 1.16. The smallest absolute Gasteiger partial charge is 0.340 e. The minimum absolute atomic E-state index is 0.0210. The van der Waals surface area contributed by atoms with E-state index in [4.69, 9.17) is 4.74 Å². The number of anilines is 2. The van der Waals surface area contributed by atoms with Gasteiger partial charge in [0.05, 0.1) is 48.7 Å². The van der Waals surface area contributed by atoms with Crippen LogP contribution >= 0.6 is 0 Å². The fourth-order valence-corrected chi connectivity index (χ4v) is 3.47. The van der Waals surface area contributed by atoms with Gasteiger partial charge in [-0.2, -0.15) is 5.10 Å². The number of amides is 2. The Hall–Kier alpha value is -4.15. The summed E-state index contributed by atoms with van der Waals surface area (Å²) in [6.07, 6.45) is 3.94. The second-order valence-electron chi connectivity index (χ2n) is 7.68. The van der Waals surface area contributed by atoms with Gasteiger partial charge in [0.25, 0.3) is 6.43 Å². The van der Waals surface area contributed by atoms with Crippen molar-refractivity contribution in [2.24, 2.45) is 0 Å². The van der Waals surface area contributed by atoms with Gasteiger partial charge in [0.2, 0.25) is 11.8 Å². The van der Waals surface area contributed by atoms with Crippen molar-refractivity contribution in [3.63, 3.8) is 0 Å². The third-order valence-corrected chi connectivity index (χ3v) is 5.16. The summed E-state index contributed by atoms with van der Waals surface area (Å²) in [5, 5.41) is 9.37. The Morgan fingerprint density at radius 3 is 2.57 bits per heavy atom. The number of nitrogens with zero attached hydrogens (tertiary/aromatic N) is 3. The first-order valence-electron chi connectivity index (χ1n) is 10.8. The summed E-state index contributed by atoms with van der Waals surface area (Å²) in [5.74, 6) is -1.56. The lowest BCUT2D eigenvalue weighted by molar-refractivity contribution is -0.117. The van der Waals surface area contributed by atoms with Gasteiger partial charge in [-0.15, -0.1) is 0 Å². The molecule has 2 N–H and O–H groups in total. The number of aromatic nitrogens is 3. The number of carbonyl (C=O) groups excluding carboxylic acids is 3. The van der Waals surface area contributed by atoms with Gasteiger partial charge in [-0.3, -0.25) is 19.7 Å². The van der Waals surface area contributed by atoms with Gasteiger partial charge < -0.3 is 15.0 Å². The first kappa shape index (κ1) is 25.5. The number of rotatable bonds is 10. The van der Waals surface area contributed by atoms with E-state index in [1.165, 1.54) is 18.3 Å². The SMILES string of the molecule is COC(=O)c1cc(-c2ccc(NC(=O)CCCc3cn[nH]c3)cn2)ccc1N(CC(F)F)C(C)=O. The Labute approximate surface area is 200 Å². The van der Waals surface area contributed by atoms with Crippen LogP contribution < -0.4 is 10.2 Å². The normalized spacial score (nSPS) is 10.8. The zero-order chi connectivity index (χ0) is 25.4. The van der Waals surface area contributed by atoms with Crippen LogP contribution in [-0.2, 0) is 20.7 Å². The van der Waals surface area contributed by atoms with Crippen molar-refractivity contribution >= 4 is 29.2 Å². The fraction of sp³-hybridized carbons (Fsp3) is 0.292. The quantitative estimate of drug-likeness (QED) is 0.422. The fourth-order valence-electron chi connectivity index (χ4n) is 3.47. The topological polar surface area (TPSA) is 117 Å². The highest BCUT2D eigenvalue weighted by atomic mass is 19.3. The number of esters is 1. The van der Waals surface area contributed by atoms with Crippen LogP contribution in [0.5, 0.6) is 0 Å². The van der Waals surface area contributed by atoms with Crippen molar-refractivity contribution in [1.29, 1.82) is 0 Å². The first-order chi connectivity index (χ1) is 16.8. The van der Waals surface area contributed by atoms with Crippen molar-refractivity contribution in [3.8, 4) is 11.3 Å². The number of nitrogens with one attached hydrogen (secondary N) is 2. The molecule has 0 aliphatic heterocycles. The van der Waals surface area contributed by atoms with Crippen LogP contribution in [0.3, 0.4) is 0 Å². The Bertz CT molecular complexity index is 1170. The highest BCUT2D eigenvalue weighted by Gasteiger charge is 2.23. The van der Waals surface area contributed by atoms with Crippen molar-refractivity contribution in [3.05, 3.63) is 60.0 Å². The lowest BCUT2D eigenvalue weighted by Gasteiger charge is -2.23. The Kier molecular flexibility index (Phi) is 8.60. The second-order valence-corrected chi connectivity index (χ2v) is 7.68. The van der Waals surface area contributed by atoms with Crippen LogP contribution in [0.2, 0.25) is 0 Å². The van der Waals surface area contributed by atoms with Crippen LogP contribution in [-0.4, -0.2) is 53.0 Å². The van der Waals surface area contributed by atoms with Crippen LogP contribution in [0.15, 0.2) is 48.9 Å². The second kappa shape index (κ2) is 11.8. The standard InChI is InChI=1S/C24H25F2N5O4/c1-15(32)31(14-22(25)26)21-9-6-17(10-19(21)24(34)35-2)20-8-7-18(13-27-20)30-23(33)5-3-4-16-11-28-29-12-16/h6-13,22H,3-5,14H2,1-2H3,(H,28,29)(H,30,33). The number of pyridine rings is 1. The van der Waals surface area contributed by atoms with E-state index in [9.17, 15) is 23.2 Å². The van der Waals surface area contributed by atoms with Gasteiger partial charge in [-0.1, -0.05) is 6.07 Å². The van der Waals surface area contributed by atoms with Gasteiger partial charge >= 0.3 is 5.97 Å². The van der Waals surface area contributed by atoms with Gasteiger partial charge in [-0.25, -0.2) is 13.6 Å². The lowest BCUT2D eigenvalue weighted by Crippen LogP contribution is -2.34. The van der Waals surface area contributed by atoms with Gasteiger partial charge in [0, 0.05) is 25.1 Å². The number of halogens is 2. The third-order valence-electron chi connectivity index (χ3n) is 5.16. The third kappa shape index (κ3) is 6.92. The highest BCUT2D eigenvalue weighted by Crippen LogP contribution is 2.29. The molecule has 184 valence electrons. The molecule has 0 spiro atoms. The average molecular weight is 485 g/mol. The Balaban J connectivity index is 1.73. The van der Waals surface area contributed by atoms with Crippen LogP contribution in [0.4, 0.5) is 20.2 Å².